The molecule has 136 valence electrons. The largest absolute Gasteiger partial charge is 0.492 e. The molecule has 1 aromatic carbocycles. The van der Waals surface area contributed by atoms with Gasteiger partial charge in [-0.15, -0.1) is 0 Å². The highest BCUT2D eigenvalue weighted by Gasteiger charge is 2.15. The van der Waals surface area contributed by atoms with Crippen LogP contribution in [0.5, 0.6) is 5.75 Å². The van der Waals surface area contributed by atoms with Crippen LogP contribution >= 0.6 is 0 Å². The van der Waals surface area contributed by atoms with Crippen molar-refractivity contribution in [2.45, 2.75) is 33.3 Å². The van der Waals surface area contributed by atoms with E-state index < -0.39 is 11.7 Å². The molecule has 0 heterocycles. The minimum Gasteiger partial charge on any atom is -0.492 e. The summed E-state index contributed by atoms with van der Waals surface area (Å²) in [5, 5.41) is 6.02. The second kappa shape index (κ2) is 10.0. The molecule has 1 atom stereocenters. The lowest BCUT2D eigenvalue weighted by atomic mass is 10.2. The van der Waals surface area contributed by atoms with Gasteiger partial charge in [-0.05, 0) is 38.8 Å². The van der Waals surface area contributed by atoms with E-state index in [0.717, 1.165) is 24.6 Å². The predicted octanol–water partition coefficient (Wildman–Crippen LogP) is 3.28. The van der Waals surface area contributed by atoms with Gasteiger partial charge in [-0.2, -0.15) is 0 Å². The summed E-state index contributed by atoms with van der Waals surface area (Å²) >= 11 is 0. The topological polar surface area (TPSA) is 68.8 Å². The van der Waals surface area contributed by atoms with Crippen LogP contribution in [0, 0.1) is 5.92 Å². The van der Waals surface area contributed by atoms with Gasteiger partial charge in [0.2, 0.25) is 0 Å². The standard InChI is InChI=1S/C18H30N2O4/c1-14(13-22-5)12-20-15-7-6-8-16(11-15)23-10-9-19-17(21)24-18(2,3)4/h6-8,11,14,20H,9-10,12-13H2,1-5H3,(H,19,21). The SMILES string of the molecule is COCC(C)CNc1cccc(OCCNC(=O)OC(C)(C)C)c1. The summed E-state index contributed by atoms with van der Waals surface area (Å²) in [6.07, 6.45) is -0.436. The molecule has 0 aromatic heterocycles. The summed E-state index contributed by atoms with van der Waals surface area (Å²) in [4.78, 5) is 11.5. The minimum atomic E-state index is -0.495. The Kier molecular flexibility index (Phi) is 8.40. The molecule has 0 aliphatic heterocycles. The first-order valence-corrected chi connectivity index (χ1v) is 8.22. The van der Waals surface area contributed by atoms with Crippen LogP contribution in [0.15, 0.2) is 24.3 Å². The average molecular weight is 338 g/mol. The number of benzene rings is 1. The molecular weight excluding hydrogens is 308 g/mol. The first kappa shape index (κ1) is 20.1. The average Bonchev–Trinajstić information content (AvgIpc) is 2.49. The van der Waals surface area contributed by atoms with Gasteiger partial charge in [-0.1, -0.05) is 13.0 Å². The maximum atomic E-state index is 11.5. The van der Waals surface area contributed by atoms with Gasteiger partial charge in [0.15, 0.2) is 0 Å². The Hall–Kier alpha value is -1.95. The van der Waals surface area contributed by atoms with Crippen molar-refractivity contribution in [2.24, 2.45) is 5.92 Å². The summed E-state index contributed by atoms with van der Waals surface area (Å²) in [7, 11) is 1.70. The molecular formula is C18H30N2O4. The maximum Gasteiger partial charge on any atom is 0.407 e. The summed E-state index contributed by atoms with van der Waals surface area (Å²) < 4.78 is 15.9. The second-order valence-corrected chi connectivity index (χ2v) is 6.75. The van der Waals surface area contributed by atoms with E-state index in [-0.39, 0.29) is 0 Å². The molecule has 0 saturated carbocycles. The lowest BCUT2D eigenvalue weighted by Crippen LogP contribution is -2.34. The fraction of sp³-hybridized carbons (Fsp3) is 0.611. The van der Waals surface area contributed by atoms with E-state index in [1.165, 1.54) is 0 Å². The first-order chi connectivity index (χ1) is 11.3. The number of hydrogen-bond donors (Lipinski definition) is 2. The maximum absolute atomic E-state index is 11.5. The van der Waals surface area contributed by atoms with Crippen LogP contribution < -0.4 is 15.4 Å². The zero-order valence-corrected chi connectivity index (χ0v) is 15.3. The Balaban J connectivity index is 2.31. The molecule has 1 unspecified atom stereocenters. The molecule has 0 radical (unpaired) electrons. The van der Waals surface area contributed by atoms with E-state index in [1.807, 2.05) is 45.0 Å². The third-order valence-electron chi connectivity index (χ3n) is 2.98. The fourth-order valence-electron chi connectivity index (χ4n) is 1.97. The van der Waals surface area contributed by atoms with Crippen molar-refractivity contribution in [1.29, 1.82) is 0 Å². The molecule has 1 amide bonds. The molecule has 0 spiro atoms. The van der Waals surface area contributed by atoms with Crippen LogP contribution in [0.2, 0.25) is 0 Å². The van der Waals surface area contributed by atoms with Crippen molar-refractivity contribution in [3.8, 4) is 5.75 Å². The van der Waals surface area contributed by atoms with Gasteiger partial charge in [0, 0.05) is 25.4 Å². The monoisotopic (exact) mass is 338 g/mol. The van der Waals surface area contributed by atoms with Crippen LogP contribution in [-0.4, -0.2) is 45.1 Å². The van der Waals surface area contributed by atoms with Crippen LogP contribution in [0.1, 0.15) is 27.7 Å². The quantitative estimate of drug-likeness (QED) is 0.676. The fourth-order valence-corrected chi connectivity index (χ4v) is 1.97. The Morgan fingerprint density at radius 1 is 1.29 bits per heavy atom. The van der Waals surface area contributed by atoms with Gasteiger partial charge >= 0.3 is 6.09 Å². The number of nitrogens with one attached hydrogen (secondary N) is 2. The Bertz CT molecular complexity index is 500. The van der Waals surface area contributed by atoms with E-state index in [0.29, 0.717) is 19.1 Å². The zero-order valence-electron chi connectivity index (χ0n) is 15.3. The zero-order chi connectivity index (χ0) is 18.0. The molecule has 0 saturated heterocycles. The van der Waals surface area contributed by atoms with Gasteiger partial charge in [0.25, 0.3) is 0 Å². The summed E-state index contributed by atoms with van der Waals surface area (Å²) in [5.74, 6) is 1.18. The molecule has 1 rings (SSSR count). The normalized spacial score (nSPS) is 12.4. The Morgan fingerprint density at radius 3 is 2.71 bits per heavy atom. The molecule has 0 aliphatic rings. The Labute approximate surface area is 144 Å². The van der Waals surface area contributed by atoms with Crippen LogP contribution in [0.25, 0.3) is 0 Å². The van der Waals surface area contributed by atoms with Crippen LogP contribution in [-0.2, 0) is 9.47 Å². The van der Waals surface area contributed by atoms with Crippen LogP contribution in [0.3, 0.4) is 0 Å². The highest BCUT2D eigenvalue weighted by Crippen LogP contribution is 2.17. The van der Waals surface area contributed by atoms with Crippen molar-refractivity contribution in [2.75, 3.05) is 38.7 Å². The molecule has 1 aromatic rings. The van der Waals surface area contributed by atoms with Crippen molar-refractivity contribution < 1.29 is 19.0 Å². The second-order valence-electron chi connectivity index (χ2n) is 6.75. The molecule has 6 nitrogen and oxygen atoms in total. The lowest BCUT2D eigenvalue weighted by Gasteiger charge is -2.19. The van der Waals surface area contributed by atoms with Gasteiger partial charge in [-0.25, -0.2) is 4.79 Å². The number of alkyl carbamates (subject to hydrolysis) is 1. The van der Waals surface area contributed by atoms with E-state index in [9.17, 15) is 4.79 Å². The Morgan fingerprint density at radius 2 is 2.04 bits per heavy atom. The molecule has 0 fully saturated rings. The van der Waals surface area contributed by atoms with Crippen molar-refractivity contribution in [3.63, 3.8) is 0 Å². The molecule has 0 bridgehead atoms. The third-order valence-corrected chi connectivity index (χ3v) is 2.98. The summed E-state index contributed by atoms with van der Waals surface area (Å²) in [5.41, 5.74) is 0.501. The van der Waals surface area contributed by atoms with Crippen molar-refractivity contribution in [3.05, 3.63) is 24.3 Å². The molecule has 6 heteroatoms. The van der Waals surface area contributed by atoms with E-state index in [4.69, 9.17) is 14.2 Å². The highest BCUT2D eigenvalue weighted by molar-refractivity contribution is 5.67. The van der Waals surface area contributed by atoms with Gasteiger partial charge < -0.3 is 24.8 Å². The number of carbonyl (C=O) groups excluding carboxylic acids is 1. The van der Waals surface area contributed by atoms with Crippen LogP contribution in [0.4, 0.5) is 10.5 Å². The number of methoxy groups -OCH3 is 1. The van der Waals surface area contributed by atoms with Gasteiger partial charge in [0.1, 0.15) is 18.0 Å². The predicted molar refractivity (Wildman–Crippen MR) is 95.7 cm³/mol. The van der Waals surface area contributed by atoms with Gasteiger partial charge in [-0.3, -0.25) is 0 Å². The first-order valence-electron chi connectivity index (χ1n) is 8.22. The number of carbonyl (C=O) groups is 1. The van der Waals surface area contributed by atoms with E-state index in [1.54, 1.807) is 7.11 Å². The lowest BCUT2D eigenvalue weighted by molar-refractivity contribution is 0.0520. The number of ether oxygens (including phenoxy) is 3. The molecule has 24 heavy (non-hydrogen) atoms. The number of hydrogen-bond acceptors (Lipinski definition) is 5. The summed E-state index contributed by atoms with van der Waals surface area (Å²) in [6, 6.07) is 7.75. The summed E-state index contributed by atoms with van der Waals surface area (Å²) in [6.45, 7) is 9.93. The van der Waals surface area contributed by atoms with E-state index in [2.05, 4.69) is 17.6 Å². The number of anilines is 1. The smallest absolute Gasteiger partial charge is 0.407 e. The number of amides is 1. The van der Waals surface area contributed by atoms with Crippen molar-refractivity contribution in [1.82, 2.24) is 5.32 Å². The minimum absolute atomic E-state index is 0.378. The molecule has 0 aliphatic carbocycles. The van der Waals surface area contributed by atoms with Gasteiger partial charge in [0.05, 0.1) is 13.2 Å². The molecule has 2 N–H and O–H groups in total. The number of rotatable bonds is 9. The van der Waals surface area contributed by atoms with Crippen molar-refractivity contribution >= 4 is 11.8 Å². The highest BCUT2D eigenvalue weighted by atomic mass is 16.6. The third kappa shape index (κ3) is 9.25. The van der Waals surface area contributed by atoms with E-state index >= 15 is 0 Å².